The van der Waals surface area contributed by atoms with E-state index in [2.05, 4.69) is 14.9 Å². The summed E-state index contributed by atoms with van der Waals surface area (Å²) in [7, 11) is -3.40. The van der Waals surface area contributed by atoms with Gasteiger partial charge in [0.05, 0.1) is 17.6 Å². The molecule has 8 heteroatoms. The van der Waals surface area contributed by atoms with Crippen molar-refractivity contribution in [1.29, 1.82) is 0 Å². The van der Waals surface area contributed by atoms with Crippen molar-refractivity contribution >= 4 is 15.7 Å². The van der Waals surface area contributed by atoms with E-state index in [1.807, 2.05) is 0 Å². The molecule has 20 heavy (non-hydrogen) atoms. The summed E-state index contributed by atoms with van der Waals surface area (Å²) < 4.78 is 31.3. The number of nitrogens with two attached hydrogens (primary N) is 1. The van der Waals surface area contributed by atoms with Crippen LogP contribution in [0, 0.1) is 0 Å². The summed E-state index contributed by atoms with van der Waals surface area (Å²) in [5, 5.41) is 6.35. The maximum atomic E-state index is 11.7. The van der Waals surface area contributed by atoms with Crippen molar-refractivity contribution in [3.63, 3.8) is 0 Å². The van der Waals surface area contributed by atoms with Crippen LogP contribution in [0.4, 0.5) is 5.69 Å². The van der Waals surface area contributed by atoms with Crippen LogP contribution in [0.1, 0.15) is 5.56 Å². The second-order valence-electron chi connectivity index (χ2n) is 4.13. The number of nitrogens with one attached hydrogen (secondary N) is 2. The summed E-state index contributed by atoms with van der Waals surface area (Å²) in [5.41, 5.74) is 6.94. The monoisotopic (exact) mass is 296 g/mol. The molecule has 0 unspecified atom stereocenters. The lowest BCUT2D eigenvalue weighted by Crippen LogP contribution is -2.28. The van der Waals surface area contributed by atoms with Gasteiger partial charge in [-0.2, -0.15) is 5.10 Å². The molecule has 1 aromatic heterocycles. The summed E-state index contributed by atoms with van der Waals surface area (Å²) in [5.74, 6) is 0.344. The molecule has 0 fully saturated rings. The van der Waals surface area contributed by atoms with Crippen LogP contribution in [0.15, 0.2) is 36.7 Å². The Bertz CT molecular complexity index is 640. The third-order valence-electron chi connectivity index (χ3n) is 2.58. The van der Waals surface area contributed by atoms with E-state index in [1.165, 1.54) is 0 Å². The largest absolute Gasteiger partial charge is 0.490 e. The molecule has 7 nitrogen and oxygen atoms in total. The normalized spacial score (nSPS) is 11.4. The van der Waals surface area contributed by atoms with Gasteiger partial charge >= 0.3 is 0 Å². The fourth-order valence-electron chi connectivity index (χ4n) is 1.51. The second-order valence-corrected chi connectivity index (χ2v) is 6.06. The van der Waals surface area contributed by atoms with E-state index in [-0.39, 0.29) is 18.9 Å². The SMILES string of the molecule is Nc1ccccc1OCCS(=O)(=O)NCc1cn[nH]c1. The standard InChI is InChI=1S/C12H16N4O3S/c13-11-3-1-2-4-12(11)19-5-6-20(17,18)16-9-10-7-14-15-8-10/h1-4,7-8,16H,5-6,9,13H2,(H,14,15). The Hall–Kier alpha value is -2.06. The van der Waals surface area contributed by atoms with Crippen LogP contribution in [-0.4, -0.2) is 31.0 Å². The number of para-hydroxylation sites is 2. The van der Waals surface area contributed by atoms with Crippen molar-refractivity contribution in [2.45, 2.75) is 6.54 Å². The lowest BCUT2D eigenvalue weighted by Gasteiger charge is -2.09. The van der Waals surface area contributed by atoms with Gasteiger partial charge in [0, 0.05) is 18.3 Å². The minimum absolute atomic E-state index is 0.0366. The van der Waals surface area contributed by atoms with Gasteiger partial charge in [0.25, 0.3) is 0 Å². The Balaban J connectivity index is 1.79. The van der Waals surface area contributed by atoms with E-state index in [4.69, 9.17) is 10.5 Å². The molecule has 0 radical (unpaired) electrons. The summed E-state index contributed by atoms with van der Waals surface area (Å²) in [4.78, 5) is 0. The number of rotatable bonds is 7. The van der Waals surface area contributed by atoms with E-state index in [1.54, 1.807) is 36.7 Å². The maximum absolute atomic E-state index is 11.7. The van der Waals surface area contributed by atoms with E-state index in [0.717, 1.165) is 5.56 Å². The van der Waals surface area contributed by atoms with Crippen molar-refractivity contribution in [3.05, 3.63) is 42.2 Å². The maximum Gasteiger partial charge on any atom is 0.215 e. The lowest BCUT2D eigenvalue weighted by atomic mass is 10.3. The molecule has 2 rings (SSSR count). The Kier molecular flexibility index (Phi) is 4.59. The van der Waals surface area contributed by atoms with E-state index < -0.39 is 10.0 Å². The second kappa shape index (κ2) is 6.40. The van der Waals surface area contributed by atoms with Crippen LogP contribution in [0.2, 0.25) is 0 Å². The molecule has 0 aliphatic carbocycles. The van der Waals surface area contributed by atoms with Gasteiger partial charge in [-0.05, 0) is 12.1 Å². The molecule has 0 saturated heterocycles. The van der Waals surface area contributed by atoms with Crippen LogP contribution in [0.5, 0.6) is 5.75 Å². The zero-order chi connectivity index (χ0) is 14.4. The molecule has 108 valence electrons. The molecule has 0 bridgehead atoms. The third-order valence-corrected chi connectivity index (χ3v) is 3.87. The van der Waals surface area contributed by atoms with Gasteiger partial charge in [0.15, 0.2) is 0 Å². The van der Waals surface area contributed by atoms with Crippen molar-refractivity contribution in [3.8, 4) is 5.75 Å². The number of aromatic nitrogens is 2. The molecule has 0 saturated carbocycles. The predicted octanol–water partition coefficient (Wildman–Crippen LogP) is 0.490. The Labute approximate surface area is 117 Å². The van der Waals surface area contributed by atoms with Crippen molar-refractivity contribution in [2.75, 3.05) is 18.1 Å². The highest BCUT2D eigenvalue weighted by atomic mass is 32.2. The van der Waals surface area contributed by atoms with Gasteiger partial charge in [0.2, 0.25) is 10.0 Å². The van der Waals surface area contributed by atoms with E-state index in [9.17, 15) is 8.42 Å². The highest BCUT2D eigenvalue weighted by Gasteiger charge is 2.11. The molecular weight excluding hydrogens is 280 g/mol. The minimum Gasteiger partial charge on any atom is -0.490 e. The number of sulfonamides is 1. The zero-order valence-corrected chi connectivity index (χ0v) is 11.6. The summed E-state index contributed by atoms with van der Waals surface area (Å²) >= 11 is 0. The Morgan fingerprint density at radius 2 is 2.15 bits per heavy atom. The van der Waals surface area contributed by atoms with Crippen LogP contribution in [-0.2, 0) is 16.6 Å². The number of nitrogen functional groups attached to an aromatic ring is 1. The number of nitrogens with zero attached hydrogens (tertiary/aromatic N) is 1. The van der Waals surface area contributed by atoms with Gasteiger partial charge in [-0.25, -0.2) is 13.1 Å². The first-order valence-electron chi connectivity index (χ1n) is 5.99. The fraction of sp³-hybridized carbons (Fsp3) is 0.250. The Morgan fingerprint density at radius 1 is 1.35 bits per heavy atom. The third kappa shape index (κ3) is 4.25. The molecule has 0 aliphatic rings. The van der Waals surface area contributed by atoms with E-state index in [0.29, 0.717) is 11.4 Å². The van der Waals surface area contributed by atoms with Gasteiger partial charge in [-0.1, -0.05) is 12.1 Å². The lowest BCUT2D eigenvalue weighted by molar-refractivity contribution is 0.342. The van der Waals surface area contributed by atoms with Gasteiger partial charge in [-0.15, -0.1) is 0 Å². The average molecular weight is 296 g/mol. The van der Waals surface area contributed by atoms with Crippen LogP contribution in [0.25, 0.3) is 0 Å². The van der Waals surface area contributed by atoms with Gasteiger partial charge < -0.3 is 10.5 Å². The molecule has 1 aromatic carbocycles. The number of hydrogen-bond acceptors (Lipinski definition) is 5. The van der Waals surface area contributed by atoms with Crippen LogP contribution < -0.4 is 15.2 Å². The predicted molar refractivity (Wildman–Crippen MR) is 75.6 cm³/mol. The quantitative estimate of drug-likeness (QED) is 0.644. The molecule has 0 atom stereocenters. The molecule has 2 aromatic rings. The summed E-state index contributed by atoms with van der Waals surface area (Å²) in [6, 6.07) is 6.95. The molecule has 1 heterocycles. The molecule has 4 N–H and O–H groups in total. The molecular formula is C12H16N4O3S. The average Bonchev–Trinajstić information content (AvgIpc) is 2.92. The smallest absolute Gasteiger partial charge is 0.215 e. The van der Waals surface area contributed by atoms with Crippen molar-refractivity contribution in [1.82, 2.24) is 14.9 Å². The Morgan fingerprint density at radius 3 is 2.85 bits per heavy atom. The van der Waals surface area contributed by atoms with E-state index >= 15 is 0 Å². The minimum atomic E-state index is -3.40. The highest BCUT2D eigenvalue weighted by Crippen LogP contribution is 2.19. The van der Waals surface area contributed by atoms with Crippen molar-refractivity contribution < 1.29 is 13.2 Å². The zero-order valence-electron chi connectivity index (χ0n) is 10.7. The van der Waals surface area contributed by atoms with Crippen molar-refractivity contribution in [2.24, 2.45) is 0 Å². The number of anilines is 1. The summed E-state index contributed by atoms with van der Waals surface area (Å²) in [6.07, 6.45) is 3.19. The number of H-pyrrole nitrogens is 1. The van der Waals surface area contributed by atoms with Gasteiger partial charge in [0.1, 0.15) is 12.4 Å². The first-order valence-corrected chi connectivity index (χ1v) is 7.64. The number of benzene rings is 1. The van der Waals surface area contributed by atoms with Crippen LogP contribution >= 0.6 is 0 Å². The topological polar surface area (TPSA) is 110 Å². The van der Waals surface area contributed by atoms with Crippen LogP contribution in [0.3, 0.4) is 0 Å². The fourth-order valence-corrected chi connectivity index (χ4v) is 2.35. The summed E-state index contributed by atoms with van der Waals surface area (Å²) in [6.45, 7) is 0.237. The molecule has 0 aliphatic heterocycles. The van der Waals surface area contributed by atoms with Gasteiger partial charge in [-0.3, -0.25) is 5.10 Å². The highest BCUT2D eigenvalue weighted by molar-refractivity contribution is 7.89. The molecule has 0 spiro atoms. The first kappa shape index (κ1) is 14.4. The molecule has 0 amide bonds. The number of hydrogen-bond donors (Lipinski definition) is 3. The first-order chi connectivity index (χ1) is 9.57. The number of aromatic amines is 1. The number of ether oxygens (including phenoxy) is 1.